The average molecular weight is 247 g/mol. The van der Waals surface area contributed by atoms with Crippen LogP contribution in [0, 0.1) is 0 Å². The van der Waals surface area contributed by atoms with Crippen molar-refractivity contribution in [1.29, 1.82) is 0 Å². The topological polar surface area (TPSA) is 83.0 Å². The molecular weight excluding hydrogens is 240 g/mol. The lowest BCUT2D eigenvalue weighted by molar-refractivity contribution is 0.279. The van der Waals surface area contributed by atoms with Gasteiger partial charge in [0.15, 0.2) is 0 Å². The molecule has 7 heteroatoms. The zero-order valence-corrected chi connectivity index (χ0v) is 9.01. The number of hydrogen-bond donors (Lipinski definition) is 2. The first-order chi connectivity index (χ1) is 7.04. The average Bonchev–Trinajstić information content (AvgIpc) is 2.61. The molecule has 1 aromatic heterocycles. The zero-order valence-electron chi connectivity index (χ0n) is 7.44. The molecule has 0 aliphatic carbocycles. The van der Waals surface area contributed by atoms with Crippen LogP contribution in [0.5, 0.6) is 0 Å². The highest BCUT2D eigenvalue weighted by Gasteiger charge is 2.20. The predicted octanol–water partition coefficient (Wildman–Crippen LogP) is 0.983. The van der Waals surface area contributed by atoms with Gasteiger partial charge >= 0.3 is 0 Å². The van der Waals surface area contributed by atoms with E-state index in [1.807, 2.05) is 0 Å². The van der Waals surface area contributed by atoms with E-state index in [1.165, 1.54) is 12.4 Å². The van der Waals surface area contributed by atoms with E-state index in [9.17, 15) is 8.42 Å². The third kappa shape index (κ3) is 1.71. The van der Waals surface area contributed by atoms with Crippen molar-refractivity contribution in [2.24, 2.45) is 0 Å². The van der Waals surface area contributed by atoms with Gasteiger partial charge in [-0.25, -0.2) is 13.4 Å². The lowest BCUT2D eigenvalue weighted by Crippen LogP contribution is -1.99. The fourth-order valence-corrected chi connectivity index (χ4v) is 2.78. The SMILES string of the molecule is O=S(=O)(Cl)c1c(CO)ccc2[nH]cnc12. The number of imidazole rings is 1. The van der Waals surface area contributed by atoms with Gasteiger partial charge in [0.2, 0.25) is 0 Å². The maximum atomic E-state index is 11.3. The summed E-state index contributed by atoms with van der Waals surface area (Å²) in [4.78, 5) is 6.50. The van der Waals surface area contributed by atoms with Crippen molar-refractivity contribution in [2.45, 2.75) is 11.5 Å². The molecule has 0 aliphatic rings. The monoisotopic (exact) mass is 246 g/mol. The number of aliphatic hydroxyl groups is 1. The first kappa shape index (κ1) is 10.4. The Morgan fingerprint density at radius 3 is 2.80 bits per heavy atom. The van der Waals surface area contributed by atoms with E-state index in [-0.39, 0.29) is 16.0 Å². The molecule has 0 spiro atoms. The van der Waals surface area contributed by atoms with Crippen LogP contribution >= 0.6 is 10.7 Å². The number of hydrogen-bond acceptors (Lipinski definition) is 4. The van der Waals surface area contributed by atoms with Gasteiger partial charge in [0, 0.05) is 10.7 Å². The Labute approximate surface area is 90.1 Å². The molecule has 0 saturated carbocycles. The van der Waals surface area contributed by atoms with Crippen LogP contribution in [0.2, 0.25) is 0 Å². The minimum absolute atomic E-state index is 0.134. The highest BCUT2D eigenvalue weighted by molar-refractivity contribution is 8.14. The first-order valence-corrected chi connectivity index (χ1v) is 6.35. The van der Waals surface area contributed by atoms with E-state index in [0.717, 1.165) is 0 Å². The van der Waals surface area contributed by atoms with Gasteiger partial charge in [-0.1, -0.05) is 6.07 Å². The highest BCUT2D eigenvalue weighted by Crippen LogP contribution is 2.27. The molecule has 1 aromatic carbocycles. The molecule has 0 saturated heterocycles. The number of aromatic amines is 1. The second-order valence-electron chi connectivity index (χ2n) is 2.95. The Morgan fingerprint density at radius 2 is 2.20 bits per heavy atom. The summed E-state index contributed by atoms with van der Waals surface area (Å²) < 4.78 is 22.6. The Kier molecular flexibility index (Phi) is 2.41. The molecule has 0 radical (unpaired) electrons. The molecule has 0 unspecified atom stereocenters. The number of rotatable bonds is 2. The Morgan fingerprint density at radius 1 is 1.47 bits per heavy atom. The maximum absolute atomic E-state index is 11.3. The molecule has 1 heterocycles. The summed E-state index contributed by atoms with van der Waals surface area (Å²) in [6, 6.07) is 3.13. The quantitative estimate of drug-likeness (QED) is 0.774. The lowest BCUT2D eigenvalue weighted by Gasteiger charge is -2.03. The van der Waals surface area contributed by atoms with Gasteiger partial charge in [0.05, 0.1) is 18.5 Å². The van der Waals surface area contributed by atoms with E-state index < -0.39 is 15.7 Å². The standard InChI is InChI=1S/C8H7ClN2O3S/c9-15(13,14)8-5(3-12)1-2-6-7(8)11-4-10-6/h1-2,4,12H,3H2,(H,10,11). The van der Waals surface area contributed by atoms with E-state index >= 15 is 0 Å². The van der Waals surface area contributed by atoms with Crippen LogP contribution in [-0.2, 0) is 15.7 Å². The smallest absolute Gasteiger partial charge is 0.263 e. The van der Waals surface area contributed by atoms with Crippen LogP contribution in [0.25, 0.3) is 11.0 Å². The third-order valence-electron chi connectivity index (χ3n) is 2.04. The van der Waals surface area contributed by atoms with E-state index in [1.54, 1.807) is 6.07 Å². The van der Waals surface area contributed by atoms with Crippen molar-refractivity contribution in [2.75, 3.05) is 0 Å². The molecule has 0 bridgehead atoms. The Balaban J connectivity index is 2.93. The van der Waals surface area contributed by atoms with Gasteiger partial charge in [-0.15, -0.1) is 0 Å². The number of nitrogens with zero attached hydrogens (tertiary/aromatic N) is 1. The van der Waals surface area contributed by atoms with Crippen molar-refractivity contribution in [3.63, 3.8) is 0 Å². The number of H-pyrrole nitrogens is 1. The third-order valence-corrected chi connectivity index (χ3v) is 3.45. The normalized spacial score (nSPS) is 12.1. The summed E-state index contributed by atoms with van der Waals surface area (Å²) in [6.45, 7) is -0.399. The fraction of sp³-hybridized carbons (Fsp3) is 0.125. The van der Waals surface area contributed by atoms with Crippen molar-refractivity contribution in [1.82, 2.24) is 9.97 Å². The van der Waals surface area contributed by atoms with Gasteiger partial charge in [-0.2, -0.15) is 0 Å². The van der Waals surface area contributed by atoms with Gasteiger partial charge in [-0.3, -0.25) is 0 Å². The number of nitrogens with one attached hydrogen (secondary N) is 1. The van der Waals surface area contributed by atoms with Gasteiger partial charge in [0.1, 0.15) is 10.4 Å². The molecule has 0 amide bonds. The molecule has 0 fully saturated rings. The van der Waals surface area contributed by atoms with E-state index in [0.29, 0.717) is 5.52 Å². The summed E-state index contributed by atoms with van der Waals surface area (Å²) in [5.41, 5.74) is 1.05. The zero-order chi connectivity index (χ0) is 11.1. The number of benzene rings is 1. The lowest BCUT2D eigenvalue weighted by atomic mass is 10.2. The molecule has 0 aliphatic heterocycles. The highest BCUT2D eigenvalue weighted by atomic mass is 35.7. The van der Waals surface area contributed by atoms with Crippen molar-refractivity contribution in [3.8, 4) is 0 Å². The maximum Gasteiger partial charge on any atom is 0.263 e. The van der Waals surface area contributed by atoms with Crippen molar-refractivity contribution in [3.05, 3.63) is 24.0 Å². The number of aliphatic hydroxyl groups excluding tert-OH is 1. The number of halogens is 1. The summed E-state index contributed by atoms with van der Waals surface area (Å²) in [6.07, 6.45) is 1.37. The molecule has 2 aromatic rings. The predicted molar refractivity (Wildman–Crippen MR) is 55.1 cm³/mol. The van der Waals surface area contributed by atoms with Crippen LogP contribution in [-0.4, -0.2) is 23.5 Å². The summed E-state index contributed by atoms with van der Waals surface area (Å²) in [7, 11) is 1.37. The molecule has 0 atom stereocenters. The van der Waals surface area contributed by atoms with Gasteiger partial charge in [-0.05, 0) is 11.6 Å². The fourth-order valence-electron chi connectivity index (χ4n) is 1.42. The second-order valence-corrected chi connectivity index (χ2v) is 5.45. The second kappa shape index (κ2) is 3.48. The Hall–Kier alpha value is -1.11. The summed E-state index contributed by atoms with van der Waals surface area (Å²) >= 11 is 0. The van der Waals surface area contributed by atoms with Crippen molar-refractivity contribution < 1.29 is 13.5 Å². The van der Waals surface area contributed by atoms with Crippen molar-refractivity contribution >= 4 is 30.8 Å². The molecule has 15 heavy (non-hydrogen) atoms. The van der Waals surface area contributed by atoms with E-state index in [4.69, 9.17) is 15.8 Å². The van der Waals surface area contributed by atoms with Crippen LogP contribution in [0.1, 0.15) is 5.56 Å². The molecule has 80 valence electrons. The molecule has 2 N–H and O–H groups in total. The van der Waals surface area contributed by atoms with Gasteiger partial charge < -0.3 is 10.1 Å². The minimum Gasteiger partial charge on any atom is -0.392 e. The molecule has 5 nitrogen and oxygen atoms in total. The first-order valence-electron chi connectivity index (χ1n) is 4.04. The number of fused-ring (bicyclic) bond motifs is 1. The van der Waals surface area contributed by atoms with Crippen LogP contribution < -0.4 is 0 Å². The Bertz CT molecular complexity index is 605. The van der Waals surface area contributed by atoms with Crippen LogP contribution in [0.3, 0.4) is 0 Å². The molecular formula is C8H7ClN2O3S. The summed E-state index contributed by atoms with van der Waals surface area (Å²) in [5.74, 6) is 0. The number of aromatic nitrogens is 2. The van der Waals surface area contributed by atoms with Crippen LogP contribution in [0.15, 0.2) is 23.4 Å². The largest absolute Gasteiger partial charge is 0.392 e. The van der Waals surface area contributed by atoms with Gasteiger partial charge in [0.25, 0.3) is 9.05 Å². The summed E-state index contributed by atoms with van der Waals surface area (Å²) in [5, 5.41) is 9.02. The minimum atomic E-state index is -3.91. The molecule has 2 rings (SSSR count). The van der Waals surface area contributed by atoms with E-state index in [2.05, 4.69) is 9.97 Å². The van der Waals surface area contributed by atoms with Crippen LogP contribution in [0.4, 0.5) is 0 Å².